The fourth-order valence-electron chi connectivity index (χ4n) is 2.12. The van der Waals surface area contributed by atoms with Gasteiger partial charge in [0.1, 0.15) is 5.75 Å². The molecule has 1 aromatic heterocycles. The van der Waals surface area contributed by atoms with E-state index in [1.807, 2.05) is 36.4 Å². The number of para-hydroxylation sites is 1. The molecule has 0 unspecified atom stereocenters. The van der Waals surface area contributed by atoms with Gasteiger partial charge in [0.15, 0.2) is 5.96 Å². The van der Waals surface area contributed by atoms with Crippen LogP contribution in [0.2, 0.25) is 0 Å². The van der Waals surface area contributed by atoms with Gasteiger partial charge in [-0.05, 0) is 24.1 Å². The molecule has 0 bridgehead atoms. The first-order chi connectivity index (χ1) is 11.7. The summed E-state index contributed by atoms with van der Waals surface area (Å²) in [6.45, 7) is 6.28. The monoisotopic (exact) mass is 454 g/mol. The Morgan fingerprint density at radius 2 is 1.80 bits per heavy atom. The van der Waals surface area contributed by atoms with E-state index < -0.39 is 0 Å². The van der Waals surface area contributed by atoms with Crippen molar-refractivity contribution in [2.75, 3.05) is 13.7 Å². The van der Waals surface area contributed by atoms with Gasteiger partial charge in [-0.25, -0.2) is 0 Å². The Hall–Kier alpha value is -1.83. The summed E-state index contributed by atoms with van der Waals surface area (Å²) < 4.78 is 5.88. The van der Waals surface area contributed by atoms with E-state index in [1.165, 1.54) is 0 Å². The van der Waals surface area contributed by atoms with Crippen LogP contribution in [0, 0.1) is 5.92 Å². The second-order valence-corrected chi connectivity index (χ2v) is 5.91. The van der Waals surface area contributed by atoms with Crippen molar-refractivity contribution in [1.29, 1.82) is 0 Å². The molecule has 0 atom stereocenters. The third kappa shape index (κ3) is 7.72. The molecule has 136 valence electrons. The van der Waals surface area contributed by atoms with Crippen molar-refractivity contribution in [2.24, 2.45) is 10.9 Å². The van der Waals surface area contributed by atoms with Crippen molar-refractivity contribution in [1.82, 2.24) is 15.6 Å². The minimum atomic E-state index is 0. The lowest BCUT2D eigenvalue weighted by Gasteiger charge is -2.15. The average Bonchev–Trinajstić information content (AvgIpc) is 2.61. The number of nitrogens with zero attached hydrogens (tertiary/aromatic N) is 2. The highest BCUT2D eigenvalue weighted by molar-refractivity contribution is 14.0. The number of halogens is 1. The topological polar surface area (TPSA) is 58.5 Å². The van der Waals surface area contributed by atoms with Crippen LogP contribution in [0.5, 0.6) is 5.75 Å². The van der Waals surface area contributed by atoms with Crippen LogP contribution in [0.4, 0.5) is 0 Å². The largest absolute Gasteiger partial charge is 0.493 e. The number of benzene rings is 1. The van der Waals surface area contributed by atoms with Crippen molar-refractivity contribution >= 4 is 29.9 Å². The van der Waals surface area contributed by atoms with Crippen LogP contribution in [0.15, 0.2) is 53.7 Å². The summed E-state index contributed by atoms with van der Waals surface area (Å²) in [6, 6.07) is 13.9. The maximum Gasteiger partial charge on any atom is 0.191 e. The zero-order valence-corrected chi connectivity index (χ0v) is 17.4. The zero-order chi connectivity index (χ0) is 17.2. The summed E-state index contributed by atoms with van der Waals surface area (Å²) in [5.74, 6) is 2.15. The summed E-state index contributed by atoms with van der Waals surface area (Å²) in [5.41, 5.74) is 2.08. The van der Waals surface area contributed by atoms with Crippen molar-refractivity contribution in [3.8, 4) is 5.75 Å². The van der Waals surface area contributed by atoms with Gasteiger partial charge in [0, 0.05) is 25.4 Å². The second kappa shape index (κ2) is 11.7. The molecule has 0 radical (unpaired) electrons. The molecule has 0 aliphatic carbocycles. The van der Waals surface area contributed by atoms with E-state index in [0.717, 1.165) is 23.0 Å². The number of hydrogen-bond acceptors (Lipinski definition) is 3. The maximum absolute atomic E-state index is 5.88. The first kappa shape index (κ1) is 21.2. The number of guanidine groups is 1. The van der Waals surface area contributed by atoms with Crippen LogP contribution >= 0.6 is 24.0 Å². The van der Waals surface area contributed by atoms with Gasteiger partial charge < -0.3 is 15.4 Å². The molecule has 0 spiro atoms. The molecule has 0 aliphatic heterocycles. The molecular formula is C19H27IN4O. The zero-order valence-electron chi connectivity index (χ0n) is 15.0. The van der Waals surface area contributed by atoms with Crippen molar-refractivity contribution in [3.63, 3.8) is 0 Å². The summed E-state index contributed by atoms with van der Waals surface area (Å²) in [5, 5.41) is 6.58. The predicted molar refractivity (Wildman–Crippen MR) is 113 cm³/mol. The lowest BCUT2D eigenvalue weighted by molar-refractivity contribution is 0.268. The van der Waals surface area contributed by atoms with Gasteiger partial charge in [-0.3, -0.25) is 9.98 Å². The standard InChI is InChI=1S/C19H26N4O.HI/c1-15(2)14-24-18-10-5-4-8-16(18)12-22-19(20-3)23-13-17-9-6-7-11-21-17;/h4-11,15H,12-14H2,1-3H3,(H2,20,22,23);1H. The molecular weight excluding hydrogens is 427 g/mol. The number of nitrogens with one attached hydrogen (secondary N) is 2. The van der Waals surface area contributed by atoms with Gasteiger partial charge in [-0.1, -0.05) is 38.1 Å². The molecule has 5 nitrogen and oxygen atoms in total. The summed E-state index contributed by atoms with van der Waals surface area (Å²) >= 11 is 0. The molecule has 1 aromatic carbocycles. The Morgan fingerprint density at radius 3 is 2.48 bits per heavy atom. The molecule has 0 fully saturated rings. The fraction of sp³-hybridized carbons (Fsp3) is 0.368. The van der Waals surface area contributed by atoms with Gasteiger partial charge >= 0.3 is 0 Å². The molecule has 0 aliphatic rings. The minimum absolute atomic E-state index is 0. The molecule has 2 N–H and O–H groups in total. The Bertz CT molecular complexity index is 647. The number of aliphatic imine (C=N–C) groups is 1. The SMILES string of the molecule is CN=C(NCc1ccccn1)NCc1ccccc1OCC(C)C.I. The fourth-order valence-corrected chi connectivity index (χ4v) is 2.12. The smallest absolute Gasteiger partial charge is 0.191 e. The van der Waals surface area contributed by atoms with Crippen LogP contribution in [-0.4, -0.2) is 24.6 Å². The van der Waals surface area contributed by atoms with Crippen LogP contribution in [0.3, 0.4) is 0 Å². The van der Waals surface area contributed by atoms with Crippen LogP contribution in [0.25, 0.3) is 0 Å². The lowest BCUT2D eigenvalue weighted by atomic mass is 10.2. The Morgan fingerprint density at radius 1 is 1.08 bits per heavy atom. The predicted octanol–water partition coefficient (Wildman–Crippen LogP) is 3.60. The molecule has 0 saturated heterocycles. The maximum atomic E-state index is 5.88. The number of pyridine rings is 1. The van der Waals surface area contributed by atoms with Crippen LogP contribution < -0.4 is 15.4 Å². The summed E-state index contributed by atoms with van der Waals surface area (Å²) in [7, 11) is 1.76. The van der Waals surface area contributed by atoms with E-state index >= 15 is 0 Å². The van der Waals surface area contributed by atoms with E-state index in [4.69, 9.17) is 4.74 Å². The number of rotatable bonds is 7. The van der Waals surface area contributed by atoms with Gasteiger partial charge in [-0.15, -0.1) is 24.0 Å². The highest BCUT2D eigenvalue weighted by Crippen LogP contribution is 2.18. The Balaban J connectivity index is 0.00000312. The highest BCUT2D eigenvalue weighted by atomic mass is 127. The Labute approximate surface area is 167 Å². The van der Waals surface area contributed by atoms with E-state index in [1.54, 1.807) is 13.2 Å². The third-order valence-corrected chi connectivity index (χ3v) is 3.38. The van der Waals surface area contributed by atoms with Crippen LogP contribution in [-0.2, 0) is 13.1 Å². The van der Waals surface area contributed by atoms with E-state index in [2.05, 4.69) is 40.5 Å². The molecule has 2 rings (SSSR count). The van der Waals surface area contributed by atoms with Gasteiger partial charge in [0.05, 0.1) is 18.8 Å². The minimum Gasteiger partial charge on any atom is -0.493 e. The van der Waals surface area contributed by atoms with Gasteiger partial charge in [-0.2, -0.15) is 0 Å². The molecule has 0 saturated carbocycles. The lowest BCUT2D eigenvalue weighted by Crippen LogP contribution is -2.36. The average molecular weight is 454 g/mol. The van der Waals surface area contributed by atoms with Crippen molar-refractivity contribution < 1.29 is 4.74 Å². The van der Waals surface area contributed by atoms with E-state index in [9.17, 15) is 0 Å². The first-order valence-electron chi connectivity index (χ1n) is 8.24. The van der Waals surface area contributed by atoms with E-state index in [-0.39, 0.29) is 24.0 Å². The van der Waals surface area contributed by atoms with Crippen LogP contribution in [0.1, 0.15) is 25.1 Å². The summed E-state index contributed by atoms with van der Waals surface area (Å²) in [4.78, 5) is 8.54. The number of hydrogen-bond donors (Lipinski definition) is 2. The Kier molecular flexibility index (Phi) is 9.91. The number of aromatic nitrogens is 1. The van der Waals surface area contributed by atoms with Gasteiger partial charge in [0.25, 0.3) is 0 Å². The second-order valence-electron chi connectivity index (χ2n) is 5.91. The highest BCUT2D eigenvalue weighted by Gasteiger charge is 2.05. The van der Waals surface area contributed by atoms with Crippen molar-refractivity contribution in [3.05, 3.63) is 59.9 Å². The molecule has 1 heterocycles. The van der Waals surface area contributed by atoms with Gasteiger partial charge in [0.2, 0.25) is 0 Å². The first-order valence-corrected chi connectivity index (χ1v) is 8.24. The molecule has 25 heavy (non-hydrogen) atoms. The van der Waals surface area contributed by atoms with Crippen molar-refractivity contribution in [2.45, 2.75) is 26.9 Å². The quantitative estimate of drug-likeness (QED) is 0.382. The normalized spacial score (nSPS) is 11.0. The molecule has 6 heteroatoms. The van der Waals surface area contributed by atoms with E-state index in [0.29, 0.717) is 25.6 Å². The third-order valence-electron chi connectivity index (χ3n) is 3.38. The summed E-state index contributed by atoms with van der Waals surface area (Å²) in [6.07, 6.45) is 1.79. The molecule has 2 aromatic rings. The molecule has 0 amide bonds. The number of ether oxygens (including phenoxy) is 1.